The van der Waals surface area contributed by atoms with Crippen LogP contribution in [0, 0.1) is 0 Å². The zero-order valence-electron chi connectivity index (χ0n) is 11.6. The number of tetrazole rings is 1. The van der Waals surface area contributed by atoms with Crippen molar-refractivity contribution >= 4 is 0 Å². The van der Waals surface area contributed by atoms with Gasteiger partial charge in [-0.25, -0.2) is 4.68 Å². The Morgan fingerprint density at radius 3 is 2.81 bits per heavy atom. The van der Waals surface area contributed by atoms with Crippen molar-refractivity contribution in [2.45, 2.75) is 32.6 Å². The van der Waals surface area contributed by atoms with Gasteiger partial charge in [-0.05, 0) is 41.1 Å². The molecule has 1 aromatic heterocycles. The fourth-order valence-electron chi connectivity index (χ4n) is 1.87. The normalized spacial score (nSPS) is 11.8. The molecule has 0 aliphatic carbocycles. The Bertz CT molecular complexity index is 579. The van der Waals surface area contributed by atoms with Crippen LogP contribution in [0.5, 0.6) is 0 Å². The molecule has 0 aliphatic rings. The van der Waals surface area contributed by atoms with Crippen LogP contribution in [0.3, 0.4) is 0 Å². The molecule has 114 valence electrons. The van der Waals surface area contributed by atoms with Gasteiger partial charge in [0.15, 0.2) is 5.82 Å². The largest absolute Gasteiger partial charge is 0.416 e. The van der Waals surface area contributed by atoms with Crippen molar-refractivity contribution < 1.29 is 13.2 Å². The maximum Gasteiger partial charge on any atom is 0.416 e. The molecule has 0 spiro atoms. The predicted molar refractivity (Wildman–Crippen MR) is 70.4 cm³/mol. The van der Waals surface area contributed by atoms with Gasteiger partial charge >= 0.3 is 6.18 Å². The van der Waals surface area contributed by atoms with Crippen LogP contribution in [-0.2, 0) is 19.3 Å². The van der Waals surface area contributed by atoms with Crippen LogP contribution >= 0.6 is 0 Å². The van der Waals surface area contributed by atoms with Crippen LogP contribution in [-0.4, -0.2) is 26.8 Å². The third-order valence-corrected chi connectivity index (χ3v) is 2.90. The smallest absolute Gasteiger partial charge is 0.310 e. The number of nitrogens with zero attached hydrogens (tertiary/aromatic N) is 4. The number of aromatic nitrogens is 4. The molecule has 0 atom stereocenters. The lowest BCUT2D eigenvalue weighted by Crippen LogP contribution is -2.18. The molecule has 0 aliphatic heterocycles. The minimum Gasteiger partial charge on any atom is -0.310 e. The molecule has 0 radical (unpaired) electrons. The summed E-state index contributed by atoms with van der Waals surface area (Å²) in [6.07, 6.45) is -3.36. The average Bonchev–Trinajstić information content (AvgIpc) is 2.86. The van der Waals surface area contributed by atoms with Crippen molar-refractivity contribution in [3.8, 4) is 0 Å². The number of nitrogens with one attached hydrogen (secondary N) is 1. The molecule has 1 heterocycles. The Morgan fingerprint density at radius 2 is 2.10 bits per heavy atom. The van der Waals surface area contributed by atoms with E-state index in [1.807, 2.05) is 6.92 Å². The molecule has 1 aromatic carbocycles. The third kappa shape index (κ3) is 4.25. The maximum absolute atomic E-state index is 12.7. The van der Waals surface area contributed by atoms with Gasteiger partial charge < -0.3 is 5.32 Å². The first-order valence-electron chi connectivity index (χ1n) is 6.62. The minimum absolute atomic E-state index is 0.208. The first-order chi connectivity index (χ1) is 10.0. The van der Waals surface area contributed by atoms with Gasteiger partial charge in [-0.15, -0.1) is 5.10 Å². The number of hydrogen-bond donors (Lipinski definition) is 1. The van der Waals surface area contributed by atoms with Gasteiger partial charge in [0.1, 0.15) is 0 Å². The Morgan fingerprint density at radius 1 is 1.29 bits per heavy atom. The molecule has 0 amide bonds. The summed E-state index contributed by atoms with van der Waals surface area (Å²) < 4.78 is 39.5. The molecule has 1 N–H and O–H groups in total. The second kappa shape index (κ2) is 6.66. The highest BCUT2D eigenvalue weighted by Gasteiger charge is 2.30. The average molecular weight is 299 g/mol. The quantitative estimate of drug-likeness (QED) is 0.831. The Labute approximate surface area is 120 Å². The topological polar surface area (TPSA) is 55.6 Å². The van der Waals surface area contributed by atoms with Crippen molar-refractivity contribution in [2.75, 3.05) is 6.54 Å². The zero-order chi connectivity index (χ0) is 15.3. The van der Waals surface area contributed by atoms with E-state index in [4.69, 9.17) is 0 Å². The van der Waals surface area contributed by atoms with E-state index < -0.39 is 11.7 Å². The summed E-state index contributed by atoms with van der Waals surface area (Å²) in [4.78, 5) is 0. The predicted octanol–water partition coefficient (Wildman–Crippen LogP) is 2.24. The summed E-state index contributed by atoms with van der Waals surface area (Å²) >= 11 is 0. The van der Waals surface area contributed by atoms with E-state index in [1.165, 1.54) is 10.7 Å². The second-order valence-electron chi connectivity index (χ2n) is 4.63. The van der Waals surface area contributed by atoms with Crippen LogP contribution in [0.4, 0.5) is 13.2 Å². The van der Waals surface area contributed by atoms with E-state index in [2.05, 4.69) is 20.8 Å². The molecule has 2 rings (SSSR count). The lowest BCUT2D eigenvalue weighted by molar-refractivity contribution is -0.137. The summed E-state index contributed by atoms with van der Waals surface area (Å²) in [5, 5.41) is 14.4. The fraction of sp³-hybridized carbons (Fsp3) is 0.462. The lowest BCUT2D eigenvalue weighted by Gasteiger charge is -2.09. The summed E-state index contributed by atoms with van der Waals surface area (Å²) in [6, 6.07) is 5.18. The minimum atomic E-state index is -4.35. The molecular weight excluding hydrogens is 283 g/mol. The van der Waals surface area contributed by atoms with Crippen molar-refractivity contribution in [1.82, 2.24) is 25.5 Å². The van der Waals surface area contributed by atoms with Crippen LogP contribution in [0.2, 0.25) is 0 Å². The molecule has 5 nitrogen and oxygen atoms in total. The highest BCUT2D eigenvalue weighted by molar-refractivity contribution is 5.25. The molecule has 0 unspecified atom stereocenters. The van der Waals surface area contributed by atoms with E-state index in [-0.39, 0.29) is 6.54 Å². The summed E-state index contributed by atoms with van der Waals surface area (Å²) in [5.74, 6) is 0.598. The SMILES string of the molecule is CCCNCc1nnnn1Cc1cccc(C(F)(F)F)c1. The van der Waals surface area contributed by atoms with Crippen molar-refractivity contribution in [2.24, 2.45) is 0 Å². The number of alkyl halides is 3. The van der Waals surface area contributed by atoms with Gasteiger partial charge in [0.2, 0.25) is 0 Å². The van der Waals surface area contributed by atoms with Crippen LogP contribution in [0.15, 0.2) is 24.3 Å². The molecule has 0 saturated carbocycles. The van der Waals surface area contributed by atoms with E-state index in [9.17, 15) is 13.2 Å². The van der Waals surface area contributed by atoms with Crippen molar-refractivity contribution in [3.63, 3.8) is 0 Å². The second-order valence-corrected chi connectivity index (χ2v) is 4.63. The molecule has 8 heteroatoms. The van der Waals surface area contributed by atoms with Crippen LogP contribution in [0.1, 0.15) is 30.3 Å². The maximum atomic E-state index is 12.7. The first-order valence-corrected chi connectivity index (χ1v) is 6.62. The number of hydrogen-bond acceptors (Lipinski definition) is 4. The van der Waals surface area contributed by atoms with Gasteiger partial charge in [-0.1, -0.05) is 19.1 Å². The molecule has 21 heavy (non-hydrogen) atoms. The first kappa shape index (κ1) is 15.4. The Hall–Kier alpha value is -1.96. The van der Waals surface area contributed by atoms with E-state index in [1.54, 1.807) is 6.07 Å². The van der Waals surface area contributed by atoms with Crippen LogP contribution in [0.25, 0.3) is 0 Å². The lowest BCUT2D eigenvalue weighted by atomic mass is 10.1. The zero-order valence-corrected chi connectivity index (χ0v) is 11.6. The third-order valence-electron chi connectivity index (χ3n) is 2.90. The van der Waals surface area contributed by atoms with Gasteiger partial charge in [0, 0.05) is 0 Å². The van der Waals surface area contributed by atoms with Gasteiger partial charge in [-0.3, -0.25) is 0 Å². The van der Waals surface area contributed by atoms with E-state index in [0.717, 1.165) is 25.1 Å². The standard InChI is InChI=1S/C13H16F3N5/c1-2-6-17-8-12-18-19-20-21(12)9-10-4-3-5-11(7-10)13(14,15)16/h3-5,7,17H,2,6,8-9H2,1H3. The van der Waals surface area contributed by atoms with Crippen molar-refractivity contribution in [1.29, 1.82) is 0 Å². The molecule has 0 saturated heterocycles. The van der Waals surface area contributed by atoms with E-state index in [0.29, 0.717) is 17.9 Å². The molecule has 0 fully saturated rings. The summed E-state index contributed by atoms with van der Waals surface area (Å²) in [7, 11) is 0. The highest BCUT2D eigenvalue weighted by Crippen LogP contribution is 2.29. The van der Waals surface area contributed by atoms with Gasteiger partial charge in [0.25, 0.3) is 0 Å². The highest BCUT2D eigenvalue weighted by atomic mass is 19.4. The molecular formula is C13H16F3N5. The Kier molecular flexibility index (Phi) is 4.89. The Balaban J connectivity index is 2.10. The van der Waals surface area contributed by atoms with Crippen LogP contribution < -0.4 is 5.32 Å². The molecule has 2 aromatic rings. The number of rotatable bonds is 6. The monoisotopic (exact) mass is 299 g/mol. The fourth-order valence-corrected chi connectivity index (χ4v) is 1.87. The molecule has 0 bridgehead atoms. The van der Waals surface area contributed by atoms with Gasteiger partial charge in [0.05, 0.1) is 18.7 Å². The number of benzene rings is 1. The summed E-state index contributed by atoms with van der Waals surface area (Å²) in [6.45, 7) is 3.56. The van der Waals surface area contributed by atoms with Crippen molar-refractivity contribution in [3.05, 3.63) is 41.2 Å². The number of halogens is 3. The van der Waals surface area contributed by atoms with E-state index >= 15 is 0 Å². The van der Waals surface area contributed by atoms with Gasteiger partial charge in [-0.2, -0.15) is 13.2 Å². The summed E-state index contributed by atoms with van der Waals surface area (Å²) in [5.41, 5.74) is -0.160.